The van der Waals surface area contributed by atoms with Crippen LogP contribution in [0.1, 0.15) is 0 Å². The molecular formula is C12H7BrFN3. The van der Waals surface area contributed by atoms with Gasteiger partial charge in [-0.1, -0.05) is 0 Å². The highest BCUT2D eigenvalue weighted by atomic mass is 79.9. The van der Waals surface area contributed by atoms with Gasteiger partial charge in [0.05, 0.1) is 16.4 Å². The molecule has 0 atom stereocenters. The Morgan fingerprint density at radius 2 is 2.18 bits per heavy atom. The van der Waals surface area contributed by atoms with E-state index in [2.05, 4.69) is 25.9 Å². The Bertz CT molecular complexity index is 660. The van der Waals surface area contributed by atoms with Gasteiger partial charge in [0, 0.05) is 24.2 Å². The Kier molecular flexibility index (Phi) is 2.40. The lowest BCUT2D eigenvalue weighted by atomic mass is 10.2. The highest BCUT2D eigenvalue weighted by Crippen LogP contribution is 2.24. The minimum absolute atomic E-state index is 0.279. The summed E-state index contributed by atoms with van der Waals surface area (Å²) in [4.78, 5) is 8.41. The minimum atomic E-state index is -0.279. The third-order valence-corrected chi connectivity index (χ3v) is 3.09. The van der Waals surface area contributed by atoms with Gasteiger partial charge >= 0.3 is 0 Å². The van der Waals surface area contributed by atoms with Crippen LogP contribution >= 0.6 is 15.9 Å². The van der Waals surface area contributed by atoms with Crippen molar-refractivity contribution in [2.45, 2.75) is 0 Å². The average molecular weight is 292 g/mol. The highest BCUT2D eigenvalue weighted by Gasteiger charge is 2.06. The van der Waals surface area contributed by atoms with Crippen molar-refractivity contribution in [3.63, 3.8) is 0 Å². The number of nitrogens with zero attached hydrogens (tertiary/aromatic N) is 3. The summed E-state index contributed by atoms with van der Waals surface area (Å²) in [5.41, 5.74) is 2.42. The summed E-state index contributed by atoms with van der Waals surface area (Å²) in [5.74, 6) is -0.279. The molecule has 0 aliphatic carbocycles. The largest absolute Gasteiger partial charge is 0.304 e. The van der Waals surface area contributed by atoms with E-state index in [-0.39, 0.29) is 5.82 Å². The first-order valence-electron chi connectivity index (χ1n) is 4.98. The van der Waals surface area contributed by atoms with Gasteiger partial charge in [0.1, 0.15) is 5.82 Å². The maximum Gasteiger partial charge on any atom is 0.155 e. The fourth-order valence-electron chi connectivity index (χ4n) is 1.64. The summed E-state index contributed by atoms with van der Waals surface area (Å²) in [7, 11) is 0. The molecule has 0 N–H and O–H groups in total. The topological polar surface area (TPSA) is 30.2 Å². The van der Waals surface area contributed by atoms with Crippen molar-refractivity contribution in [2.24, 2.45) is 0 Å². The zero-order valence-electron chi connectivity index (χ0n) is 8.64. The van der Waals surface area contributed by atoms with Gasteiger partial charge in [-0.25, -0.2) is 9.37 Å². The third kappa shape index (κ3) is 1.82. The third-order valence-electron chi connectivity index (χ3n) is 2.48. The number of rotatable bonds is 1. The van der Waals surface area contributed by atoms with Crippen LogP contribution in [0.2, 0.25) is 0 Å². The molecule has 0 aliphatic rings. The SMILES string of the molecule is Fc1ccc(-c2cn3ccncc3n2)cc1Br. The molecule has 2 aromatic heterocycles. The van der Waals surface area contributed by atoms with Crippen LogP contribution in [0.5, 0.6) is 0 Å². The van der Waals surface area contributed by atoms with E-state index in [1.807, 2.05) is 16.8 Å². The molecule has 84 valence electrons. The minimum Gasteiger partial charge on any atom is -0.304 e. The van der Waals surface area contributed by atoms with Crippen LogP contribution in [0, 0.1) is 5.82 Å². The van der Waals surface area contributed by atoms with Crippen LogP contribution in [0.4, 0.5) is 4.39 Å². The summed E-state index contributed by atoms with van der Waals surface area (Å²) in [6, 6.07) is 4.83. The fraction of sp³-hybridized carbons (Fsp3) is 0. The molecule has 3 rings (SSSR count). The molecule has 0 amide bonds. The molecule has 3 aromatic rings. The number of hydrogen-bond acceptors (Lipinski definition) is 2. The summed E-state index contributed by atoms with van der Waals surface area (Å²) in [5, 5.41) is 0. The Hall–Kier alpha value is -1.75. The van der Waals surface area contributed by atoms with Gasteiger partial charge in [-0.2, -0.15) is 0 Å². The number of benzene rings is 1. The summed E-state index contributed by atoms with van der Waals surface area (Å²) < 4.78 is 15.4. The molecule has 0 aliphatic heterocycles. The van der Waals surface area contributed by atoms with E-state index in [0.717, 1.165) is 16.9 Å². The molecule has 0 fully saturated rings. The van der Waals surface area contributed by atoms with E-state index in [4.69, 9.17) is 0 Å². The number of halogens is 2. The van der Waals surface area contributed by atoms with Crippen molar-refractivity contribution in [3.8, 4) is 11.3 Å². The van der Waals surface area contributed by atoms with Crippen LogP contribution in [-0.2, 0) is 0 Å². The molecule has 0 saturated carbocycles. The molecule has 0 spiro atoms. The Labute approximate surface area is 105 Å². The van der Waals surface area contributed by atoms with Gasteiger partial charge in [0.2, 0.25) is 0 Å². The van der Waals surface area contributed by atoms with E-state index in [9.17, 15) is 4.39 Å². The second-order valence-corrected chi connectivity index (χ2v) is 4.45. The molecule has 5 heteroatoms. The van der Waals surface area contributed by atoms with Crippen LogP contribution in [0.15, 0.2) is 47.5 Å². The molecular weight excluding hydrogens is 285 g/mol. The lowest BCUT2D eigenvalue weighted by Crippen LogP contribution is -1.81. The molecule has 2 heterocycles. The first-order valence-corrected chi connectivity index (χ1v) is 5.77. The molecule has 3 nitrogen and oxygen atoms in total. The van der Waals surface area contributed by atoms with Crippen molar-refractivity contribution >= 4 is 21.6 Å². The quantitative estimate of drug-likeness (QED) is 0.689. The van der Waals surface area contributed by atoms with Gasteiger partial charge in [-0.15, -0.1) is 0 Å². The predicted octanol–water partition coefficient (Wildman–Crippen LogP) is 3.30. The summed E-state index contributed by atoms with van der Waals surface area (Å²) >= 11 is 3.17. The van der Waals surface area contributed by atoms with Gasteiger partial charge in [0.25, 0.3) is 0 Å². The highest BCUT2D eigenvalue weighted by molar-refractivity contribution is 9.10. The summed E-state index contributed by atoms with van der Waals surface area (Å²) in [6.45, 7) is 0. The van der Waals surface area contributed by atoms with Crippen LogP contribution < -0.4 is 0 Å². The van der Waals surface area contributed by atoms with Crippen molar-refractivity contribution in [1.29, 1.82) is 0 Å². The van der Waals surface area contributed by atoms with E-state index in [1.54, 1.807) is 24.5 Å². The number of hydrogen-bond donors (Lipinski definition) is 0. The molecule has 0 bridgehead atoms. The van der Waals surface area contributed by atoms with Crippen LogP contribution in [0.3, 0.4) is 0 Å². The zero-order valence-corrected chi connectivity index (χ0v) is 10.2. The standard InChI is InChI=1S/C12H7BrFN3/c13-9-5-8(1-2-10(9)14)11-7-17-4-3-15-6-12(17)16-11/h1-7H. The molecule has 0 radical (unpaired) electrons. The molecule has 0 saturated heterocycles. The summed E-state index contributed by atoms with van der Waals surface area (Å²) in [6.07, 6.45) is 7.09. The predicted molar refractivity (Wildman–Crippen MR) is 66.1 cm³/mol. The van der Waals surface area contributed by atoms with Crippen molar-refractivity contribution in [3.05, 3.63) is 53.3 Å². The maximum atomic E-state index is 13.1. The molecule has 0 unspecified atom stereocenters. The molecule has 17 heavy (non-hydrogen) atoms. The van der Waals surface area contributed by atoms with Gasteiger partial charge in [-0.3, -0.25) is 4.98 Å². The number of fused-ring (bicyclic) bond motifs is 1. The second-order valence-electron chi connectivity index (χ2n) is 3.60. The second kappa shape index (κ2) is 3.92. The first-order chi connectivity index (χ1) is 8.24. The Morgan fingerprint density at radius 1 is 1.29 bits per heavy atom. The van der Waals surface area contributed by atoms with Crippen LogP contribution in [0.25, 0.3) is 16.9 Å². The van der Waals surface area contributed by atoms with Crippen molar-refractivity contribution in [2.75, 3.05) is 0 Å². The fourth-order valence-corrected chi connectivity index (χ4v) is 2.02. The lowest BCUT2D eigenvalue weighted by molar-refractivity contribution is 0.621. The van der Waals surface area contributed by atoms with Crippen molar-refractivity contribution in [1.82, 2.24) is 14.4 Å². The lowest BCUT2D eigenvalue weighted by Gasteiger charge is -1.98. The Balaban J connectivity index is 2.17. The number of imidazole rings is 1. The Morgan fingerprint density at radius 3 is 2.94 bits per heavy atom. The molecule has 1 aromatic carbocycles. The van der Waals surface area contributed by atoms with Crippen LogP contribution in [-0.4, -0.2) is 14.4 Å². The van der Waals surface area contributed by atoms with Gasteiger partial charge < -0.3 is 4.40 Å². The normalized spacial score (nSPS) is 10.9. The smallest absolute Gasteiger partial charge is 0.155 e. The van der Waals surface area contributed by atoms with Gasteiger partial charge in [-0.05, 0) is 34.1 Å². The maximum absolute atomic E-state index is 13.1. The number of aromatic nitrogens is 3. The van der Waals surface area contributed by atoms with E-state index < -0.39 is 0 Å². The zero-order chi connectivity index (χ0) is 11.8. The van der Waals surface area contributed by atoms with Crippen molar-refractivity contribution < 1.29 is 4.39 Å². The van der Waals surface area contributed by atoms with Gasteiger partial charge in [0.15, 0.2) is 5.65 Å². The van der Waals surface area contributed by atoms with E-state index in [0.29, 0.717) is 4.47 Å². The first kappa shape index (κ1) is 10.4. The monoisotopic (exact) mass is 291 g/mol. The van der Waals surface area contributed by atoms with E-state index in [1.165, 1.54) is 6.07 Å². The van der Waals surface area contributed by atoms with E-state index >= 15 is 0 Å². The average Bonchev–Trinajstić information content (AvgIpc) is 2.76.